The van der Waals surface area contributed by atoms with E-state index in [4.69, 9.17) is 5.73 Å². The summed E-state index contributed by atoms with van der Waals surface area (Å²) in [4.78, 5) is 0. The van der Waals surface area contributed by atoms with Gasteiger partial charge in [-0.3, -0.25) is 0 Å². The molecule has 3 N–H and O–H groups in total. The Bertz CT molecular complexity index is 495. The lowest BCUT2D eigenvalue weighted by molar-refractivity contribution is 1.43. The molecule has 0 aliphatic heterocycles. The van der Waals surface area contributed by atoms with Crippen LogP contribution in [-0.2, 0) is 0 Å². The third-order valence-electron chi connectivity index (χ3n) is 2.41. The molecule has 0 radical (unpaired) electrons. The van der Waals surface area contributed by atoms with Gasteiger partial charge in [-0.05, 0) is 52.7 Å². The largest absolute Gasteiger partial charge is 0.398 e. The van der Waals surface area contributed by atoms with E-state index in [9.17, 15) is 0 Å². The fourth-order valence-electron chi connectivity index (χ4n) is 1.47. The summed E-state index contributed by atoms with van der Waals surface area (Å²) in [6, 6.07) is 14.0. The van der Waals surface area contributed by atoms with Crippen molar-refractivity contribution in [2.45, 2.75) is 6.92 Å². The lowest BCUT2D eigenvalue weighted by atomic mass is 10.2. The van der Waals surface area contributed by atoms with E-state index in [0.29, 0.717) is 0 Å². The smallest absolute Gasteiger partial charge is 0.0532 e. The maximum atomic E-state index is 5.83. The monoisotopic (exact) mass is 276 g/mol. The molecular formula is C13H13BrN2. The van der Waals surface area contributed by atoms with Crippen LogP contribution >= 0.6 is 15.9 Å². The van der Waals surface area contributed by atoms with Gasteiger partial charge in [-0.2, -0.15) is 0 Å². The van der Waals surface area contributed by atoms with Crippen molar-refractivity contribution in [1.82, 2.24) is 0 Å². The highest BCUT2D eigenvalue weighted by Gasteiger charge is 2.03. The molecule has 0 aliphatic carbocycles. The molecular weight excluding hydrogens is 264 g/mol. The zero-order valence-corrected chi connectivity index (χ0v) is 10.6. The minimum atomic E-state index is 0.797. The number of nitrogen functional groups attached to an aromatic ring is 1. The fraction of sp³-hybridized carbons (Fsp3) is 0.0769. The highest BCUT2D eigenvalue weighted by molar-refractivity contribution is 9.10. The van der Waals surface area contributed by atoms with Crippen molar-refractivity contribution in [2.24, 2.45) is 0 Å². The maximum Gasteiger partial charge on any atom is 0.0532 e. The Kier molecular flexibility index (Phi) is 3.15. The Balaban J connectivity index is 2.32. The number of halogens is 1. The predicted molar refractivity (Wildman–Crippen MR) is 73.0 cm³/mol. The summed E-state index contributed by atoms with van der Waals surface area (Å²) in [5.74, 6) is 0. The van der Waals surface area contributed by atoms with Crippen LogP contribution in [0.2, 0.25) is 0 Å². The predicted octanol–water partition coefficient (Wildman–Crippen LogP) is 4.08. The molecule has 0 aromatic heterocycles. The van der Waals surface area contributed by atoms with E-state index in [1.165, 1.54) is 0 Å². The first-order valence-electron chi connectivity index (χ1n) is 5.04. The van der Waals surface area contributed by atoms with Crippen LogP contribution in [0.5, 0.6) is 0 Å². The van der Waals surface area contributed by atoms with Crippen LogP contribution < -0.4 is 11.1 Å². The molecule has 16 heavy (non-hydrogen) atoms. The van der Waals surface area contributed by atoms with Gasteiger partial charge in [-0.15, -0.1) is 0 Å². The van der Waals surface area contributed by atoms with Gasteiger partial charge >= 0.3 is 0 Å². The molecule has 2 aromatic carbocycles. The van der Waals surface area contributed by atoms with E-state index in [-0.39, 0.29) is 0 Å². The molecule has 0 saturated carbocycles. The Morgan fingerprint density at radius 2 is 1.81 bits per heavy atom. The highest BCUT2D eigenvalue weighted by atomic mass is 79.9. The van der Waals surface area contributed by atoms with E-state index in [2.05, 4.69) is 21.2 Å². The van der Waals surface area contributed by atoms with Crippen LogP contribution in [0.25, 0.3) is 0 Å². The fourth-order valence-corrected chi connectivity index (χ4v) is 1.93. The van der Waals surface area contributed by atoms with E-state index in [1.54, 1.807) is 0 Å². The SMILES string of the molecule is Cc1cc(Nc2ccccc2)c(Br)cc1N. The van der Waals surface area contributed by atoms with Crippen LogP contribution in [0.4, 0.5) is 17.1 Å². The number of hydrogen-bond acceptors (Lipinski definition) is 2. The summed E-state index contributed by atoms with van der Waals surface area (Å²) < 4.78 is 0.972. The summed E-state index contributed by atoms with van der Waals surface area (Å²) in [6.07, 6.45) is 0. The zero-order chi connectivity index (χ0) is 11.5. The molecule has 0 unspecified atom stereocenters. The lowest BCUT2D eigenvalue weighted by Crippen LogP contribution is -1.95. The maximum absolute atomic E-state index is 5.83. The molecule has 82 valence electrons. The first kappa shape index (κ1) is 11.0. The van der Waals surface area contributed by atoms with Crippen LogP contribution in [0.1, 0.15) is 5.56 Å². The van der Waals surface area contributed by atoms with Crippen molar-refractivity contribution in [3.8, 4) is 0 Å². The second-order valence-electron chi connectivity index (χ2n) is 3.68. The topological polar surface area (TPSA) is 38.0 Å². The zero-order valence-electron chi connectivity index (χ0n) is 9.00. The summed E-state index contributed by atoms with van der Waals surface area (Å²) >= 11 is 3.50. The van der Waals surface area contributed by atoms with E-state index in [0.717, 1.165) is 27.1 Å². The average molecular weight is 277 g/mol. The van der Waals surface area contributed by atoms with Gasteiger partial charge in [0.1, 0.15) is 0 Å². The molecule has 0 fully saturated rings. The third-order valence-corrected chi connectivity index (χ3v) is 3.06. The number of anilines is 3. The van der Waals surface area contributed by atoms with Crippen LogP contribution in [0.3, 0.4) is 0 Å². The summed E-state index contributed by atoms with van der Waals surface area (Å²) in [5.41, 5.74) is 9.78. The summed E-state index contributed by atoms with van der Waals surface area (Å²) in [7, 11) is 0. The highest BCUT2D eigenvalue weighted by Crippen LogP contribution is 2.30. The molecule has 2 nitrogen and oxygen atoms in total. The van der Waals surface area contributed by atoms with E-state index < -0.39 is 0 Å². The Morgan fingerprint density at radius 1 is 1.12 bits per heavy atom. The molecule has 0 amide bonds. The second kappa shape index (κ2) is 4.58. The standard InChI is InChI=1S/C13H13BrN2/c1-9-7-13(11(14)8-12(9)15)16-10-5-3-2-4-6-10/h2-8,16H,15H2,1H3. The van der Waals surface area contributed by atoms with Crippen LogP contribution in [-0.4, -0.2) is 0 Å². The molecule has 0 spiro atoms. The van der Waals surface area contributed by atoms with Gasteiger partial charge in [0.05, 0.1) is 5.69 Å². The molecule has 2 rings (SSSR count). The van der Waals surface area contributed by atoms with Crippen molar-refractivity contribution in [3.63, 3.8) is 0 Å². The molecule has 3 heteroatoms. The molecule has 0 heterocycles. The number of hydrogen-bond donors (Lipinski definition) is 2. The number of nitrogens with two attached hydrogens (primary N) is 1. The van der Waals surface area contributed by atoms with Crippen molar-refractivity contribution in [2.75, 3.05) is 11.1 Å². The number of rotatable bonds is 2. The second-order valence-corrected chi connectivity index (χ2v) is 4.53. The van der Waals surface area contributed by atoms with Gasteiger partial charge in [0, 0.05) is 15.8 Å². The van der Waals surface area contributed by atoms with Crippen LogP contribution in [0, 0.1) is 6.92 Å². The molecule has 0 bridgehead atoms. The van der Waals surface area contributed by atoms with Gasteiger partial charge in [-0.25, -0.2) is 0 Å². The van der Waals surface area contributed by atoms with Crippen molar-refractivity contribution < 1.29 is 0 Å². The van der Waals surface area contributed by atoms with Crippen molar-refractivity contribution >= 4 is 33.0 Å². The quantitative estimate of drug-likeness (QED) is 0.811. The van der Waals surface area contributed by atoms with Gasteiger partial charge in [0.2, 0.25) is 0 Å². The van der Waals surface area contributed by atoms with Crippen LogP contribution in [0.15, 0.2) is 46.9 Å². The minimum Gasteiger partial charge on any atom is -0.398 e. The Morgan fingerprint density at radius 3 is 2.50 bits per heavy atom. The Labute approximate surface area is 104 Å². The Hall–Kier alpha value is -1.48. The van der Waals surface area contributed by atoms with Gasteiger partial charge in [0.25, 0.3) is 0 Å². The molecule has 2 aromatic rings. The number of para-hydroxylation sites is 1. The molecule has 0 atom stereocenters. The van der Waals surface area contributed by atoms with Gasteiger partial charge in [0.15, 0.2) is 0 Å². The minimum absolute atomic E-state index is 0.797. The summed E-state index contributed by atoms with van der Waals surface area (Å²) in [6.45, 7) is 2.00. The number of aryl methyl sites for hydroxylation is 1. The van der Waals surface area contributed by atoms with Gasteiger partial charge in [-0.1, -0.05) is 18.2 Å². The van der Waals surface area contributed by atoms with Crippen molar-refractivity contribution in [3.05, 3.63) is 52.5 Å². The third kappa shape index (κ3) is 2.36. The van der Waals surface area contributed by atoms with E-state index >= 15 is 0 Å². The number of nitrogens with one attached hydrogen (secondary N) is 1. The lowest BCUT2D eigenvalue weighted by Gasteiger charge is -2.11. The van der Waals surface area contributed by atoms with E-state index in [1.807, 2.05) is 49.4 Å². The van der Waals surface area contributed by atoms with Gasteiger partial charge < -0.3 is 11.1 Å². The first-order valence-corrected chi connectivity index (χ1v) is 5.84. The number of benzene rings is 2. The van der Waals surface area contributed by atoms with Crippen molar-refractivity contribution in [1.29, 1.82) is 0 Å². The molecule has 0 saturated heterocycles. The molecule has 0 aliphatic rings. The normalized spacial score (nSPS) is 10.1. The summed E-state index contributed by atoms with van der Waals surface area (Å²) in [5, 5.41) is 3.34. The average Bonchev–Trinajstić information content (AvgIpc) is 2.27. The first-order chi connectivity index (χ1) is 7.66.